The van der Waals surface area contributed by atoms with Crippen molar-refractivity contribution in [2.45, 2.75) is 6.42 Å². The van der Waals surface area contributed by atoms with Crippen molar-refractivity contribution in [1.29, 1.82) is 0 Å². The quantitative estimate of drug-likeness (QED) is 0.674. The lowest BCUT2D eigenvalue weighted by Crippen LogP contribution is -2.25. The Kier molecular flexibility index (Phi) is 4.57. The number of para-hydroxylation sites is 1. The van der Waals surface area contributed by atoms with Gasteiger partial charge in [0.15, 0.2) is 0 Å². The van der Waals surface area contributed by atoms with Gasteiger partial charge in [-0.1, -0.05) is 23.4 Å². The van der Waals surface area contributed by atoms with Gasteiger partial charge in [0, 0.05) is 11.9 Å². The smallest absolute Gasteiger partial charge is 0.259 e. The van der Waals surface area contributed by atoms with Gasteiger partial charge in [0.2, 0.25) is 5.88 Å². The lowest BCUT2D eigenvalue weighted by molar-refractivity contribution is 0.0955. The fourth-order valence-electron chi connectivity index (χ4n) is 2.37. The van der Waals surface area contributed by atoms with Crippen molar-refractivity contribution in [3.05, 3.63) is 36.1 Å². The number of nitrogens with two attached hydrogens (primary N) is 1. The zero-order valence-electron chi connectivity index (χ0n) is 12.7. The van der Waals surface area contributed by atoms with Crippen LogP contribution in [0, 0.1) is 0 Å². The molecule has 120 valence electrons. The number of benzene rings is 1. The number of nitrogens with one attached hydrogen (secondary N) is 1. The number of aromatic nitrogens is 1. The molecule has 0 radical (unpaired) electrons. The number of nitrogen functional groups attached to an aromatic ring is 1. The molecular formula is C16H17N3O3S. The van der Waals surface area contributed by atoms with Crippen molar-refractivity contribution in [2.24, 2.45) is 0 Å². The van der Waals surface area contributed by atoms with Gasteiger partial charge in [0.1, 0.15) is 23.1 Å². The number of rotatable bonds is 6. The summed E-state index contributed by atoms with van der Waals surface area (Å²) < 4.78 is 10.5. The minimum absolute atomic E-state index is 0.00708. The van der Waals surface area contributed by atoms with E-state index in [2.05, 4.69) is 10.5 Å². The molecule has 0 aliphatic carbocycles. The highest BCUT2D eigenvalue weighted by molar-refractivity contribution is 7.98. The van der Waals surface area contributed by atoms with Gasteiger partial charge in [0.25, 0.3) is 5.91 Å². The van der Waals surface area contributed by atoms with Gasteiger partial charge in [-0.2, -0.15) is 11.8 Å². The number of hydrogen-bond donors (Lipinski definition) is 2. The van der Waals surface area contributed by atoms with Crippen molar-refractivity contribution >= 4 is 34.5 Å². The van der Waals surface area contributed by atoms with E-state index in [1.54, 1.807) is 18.0 Å². The standard InChI is InChI=1S/C16H17N3O3S/c1-23-8-4-7-18-16(20)13-14(19-22-15(13)17)11-9-21-12-6-3-2-5-10(11)12/h2-3,5-6,9H,4,7-8,17H2,1H3,(H,18,20). The van der Waals surface area contributed by atoms with E-state index in [0.717, 1.165) is 23.1 Å². The predicted octanol–water partition coefficient (Wildman–Crippen LogP) is 3.15. The third kappa shape index (κ3) is 3.05. The average Bonchev–Trinajstić information content (AvgIpc) is 3.14. The van der Waals surface area contributed by atoms with E-state index in [-0.39, 0.29) is 17.4 Å². The van der Waals surface area contributed by atoms with Crippen molar-refractivity contribution in [3.8, 4) is 11.3 Å². The molecule has 0 aliphatic rings. The third-order valence-electron chi connectivity index (χ3n) is 3.49. The summed E-state index contributed by atoms with van der Waals surface area (Å²) >= 11 is 1.74. The van der Waals surface area contributed by atoms with Crippen LogP contribution in [-0.2, 0) is 0 Å². The van der Waals surface area contributed by atoms with Crippen LogP contribution in [0.15, 0.2) is 39.5 Å². The molecule has 2 aromatic heterocycles. The lowest BCUT2D eigenvalue weighted by Gasteiger charge is -2.04. The molecule has 6 nitrogen and oxygen atoms in total. The number of amides is 1. The molecule has 0 fully saturated rings. The maximum absolute atomic E-state index is 12.4. The van der Waals surface area contributed by atoms with E-state index in [1.165, 1.54) is 0 Å². The largest absolute Gasteiger partial charge is 0.464 e. The van der Waals surface area contributed by atoms with Gasteiger partial charge in [-0.3, -0.25) is 4.79 Å². The Morgan fingerprint density at radius 2 is 2.22 bits per heavy atom. The Balaban J connectivity index is 1.91. The summed E-state index contributed by atoms with van der Waals surface area (Å²) in [5.41, 5.74) is 7.85. The summed E-state index contributed by atoms with van der Waals surface area (Å²) in [6, 6.07) is 7.53. The molecule has 0 aliphatic heterocycles. The van der Waals surface area contributed by atoms with Gasteiger partial charge in [-0.25, -0.2) is 0 Å². The number of furan rings is 1. The first-order valence-corrected chi connectivity index (χ1v) is 8.60. The van der Waals surface area contributed by atoms with Crippen molar-refractivity contribution < 1.29 is 13.7 Å². The first-order chi connectivity index (χ1) is 11.2. The highest BCUT2D eigenvalue weighted by Crippen LogP contribution is 2.33. The maximum Gasteiger partial charge on any atom is 0.259 e. The molecule has 23 heavy (non-hydrogen) atoms. The molecule has 0 spiro atoms. The fraction of sp³-hybridized carbons (Fsp3) is 0.250. The summed E-state index contributed by atoms with van der Waals surface area (Å²) in [6.45, 7) is 0.579. The Hall–Kier alpha value is -2.41. The average molecular weight is 331 g/mol. The predicted molar refractivity (Wildman–Crippen MR) is 91.5 cm³/mol. The van der Waals surface area contributed by atoms with E-state index in [0.29, 0.717) is 17.8 Å². The van der Waals surface area contributed by atoms with E-state index in [9.17, 15) is 4.79 Å². The molecule has 3 aromatic rings. The van der Waals surface area contributed by atoms with Crippen LogP contribution in [-0.4, -0.2) is 29.6 Å². The summed E-state index contributed by atoms with van der Waals surface area (Å²) in [5.74, 6) is 0.705. The summed E-state index contributed by atoms with van der Waals surface area (Å²) in [5, 5.41) is 7.66. The van der Waals surface area contributed by atoms with E-state index >= 15 is 0 Å². The minimum Gasteiger partial charge on any atom is -0.464 e. The zero-order chi connectivity index (χ0) is 16.2. The summed E-state index contributed by atoms with van der Waals surface area (Å²) in [7, 11) is 0. The van der Waals surface area contributed by atoms with Gasteiger partial charge in [-0.05, 0) is 24.5 Å². The third-order valence-corrected chi connectivity index (χ3v) is 4.19. The first-order valence-electron chi connectivity index (χ1n) is 7.21. The minimum atomic E-state index is -0.287. The highest BCUT2D eigenvalue weighted by Gasteiger charge is 2.24. The number of fused-ring (bicyclic) bond motifs is 1. The van der Waals surface area contributed by atoms with Crippen molar-refractivity contribution in [3.63, 3.8) is 0 Å². The highest BCUT2D eigenvalue weighted by atomic mass is 32.2. The maximum atomic E-state index is 12.4. The second-order valence-corrected chi connectivity index (χ2v) is 6.00. The first kappa shape index (κ1) is 15.5. The number of nitrogens with zero attached hydrogens (tertiary/aromatic N) is 1. The molecule has 3 N–H and O–H groups in total. The Bertz CT molecular complexity index is 825. The monoisotopic (exact) mass is 331 g/mol. The number of thioether (sulfide) groups is 1. The number of carbonyl (C=O) groups excluding carboxylic acids is 1. The molecule has 0 atom stereocenters. The Morgan fingerprint density at radius 3 is 3.04 bits per heavy atom. The van der Waals surface area contributed by atoms with E-state index in [4.69, 9.17) is 14.7 Å². The molecule has 2 heterocycles. The number of hydrogen-bond acceptors (Lipinski definition) is 6. The molecule has 0 saturated heterocycles. The zero-order valence-corrected chi connectivity index (χ0v) is 13.5. The normalized spacial score (nSPS) is 11.0. The Labute approximate surface area is 137 Å². The molecule has 0 saturated carbocycles. The lowest BCUT2D eigenvalue weighted by atomic mass is 10.1. The molecule has 0 bridgehead atoms. The second kappa shape index (κ2) is 6.78. The second-order valence-electron chi connectivity index (χ2n) is 5.02. The van der Waals surface area contributed by atoms with Crippen LogP contribution in [0.1, 0.15) is 16.8 Å². The summed E-state index contributed by atoms with van der Waals surface area (Å²) in [4.78, 5) is 12.4. The van der Waals surface area contributed by atoms with Gasteiger partial charge < -0.3 is 20.0 Å². The van der Waals surface area contributed by atoms with E-state index < -0.39 is 0 Å². The fourth-order valence-corrected chi connectivity index (χ4v) is 2.81. The molecule has 3 rings (SSSR count). The van der Waals surface area contributed by atoms with Gasteiger partial charge in [0.05, 0.1) is 5.56 Å². The Morgan fingerprint density at radius 1 is 1.39 bits per heavy atom. The van der Waals surface area contributed by atoms with Crippen LogP contribution in [0.25, 0.3) is 22.2 Å². The SMILES string of the molecule is CSCCCNC(=O)c1c(-c2coc3ccccc23)noc1N. The van der Waals surface area contributed by atoms with Gasteiger partial charge >= 0.3 is 0 Å². The molecule has 1 amide bonds. The van der Waals surface area contributed by atoms with Crippen LogP contribution in [0.2, 0.25) is 0 Å². The molecular weight excluding hydrogens is 314 g/mol. The van der Waals surface area contributed by atoms with Crippen LogP contribution >= 0.6 is 11.8 Å². The molecule has 7 heteroatoms. The van der Waals surface area contributed by atoms with Crippen molar-refractivity contribution in [2.75, 3.05) is 24.3 Å². The van der Waals surface area contributed by atoms with E-state index in [1.807, 2.05) is 30.5 Å². The topological polar surface area (TPSA) is 94.3 Å². The van der Waals surface area contributed by atoms with Crippen LogP contribution in [0.3, 0.4) is 0 Å². The van der Waals surface area contributed by atoms with Crippen LogP contribution in [0.4, 0.5) is 5.88 Å². The number of carbonyl (C=O) groups is 1. The van der Waals surface area contributed by atoms with Crippen LogP contribution < -0.4 is 11.1 Å². The number of anilines is 1. The summed E-state index contributed by atoms with van der Waals surface area (Å²) in [6.07, 6.45) is 4.48. The van der Waals surface area contributed by atoms with Gasteiger partial charge in [-0.15, -0.1) is 0 Å². The molecule has 1 aromatic carbocycles. The van der Waals surface area contributed by atoms with Crippen molar-refractivity contribution in [1.82, 2.24) is 10.5 Å². The van der Waals surface area contributed by atoms with Crippen LogP contribution in [0.5, 0.6) is 0 Å². The molecule has 0 unspecified atom stereocenters.